The number of fused-ring (bicyclic) bond motifs is 2. The molecule has 0 amide bonds. The second kappa shape index (κ2) is 25.5. The molecule has 2 aliphatic heterocycles. The number of rotatable bonds is 10. The Kier molecular flexibility index (Phi) is 18.3. The van der Waals surface area contributed by atoms with Crippen LogP contribution < -0.4 is 49.7 Å². The molecule has 0 bridgehead atoms. The van der Waals surface area contributed by atoms with Gasteiger partial charge in [0, 0.05) is 83.4 Å². The zero-order valence-electron chi connectivity index (χ0n) is 47.9. The summed E-state index contributed by atoms with van der Waals surface area (Å²) in [6.45, 7) is 22.4. The molecule has 0 aromatic heterocycles. The van der Waals surface area contributed by atoms with Gasteiger partial charge in [-0.25, -0.2) is 0 Å². The maximum Gasteiger partial charge on any atom is 0.161 e. The number of nitrogens with two attached hydrogens (primary N) is 2. The number of hydrogen-bond donors (Lipinski definition) is 3. The lowest BCUT2D eigenvalue weighted by Gasteiger charge is -2.32. The third-order valence-corrected chi connectivity index (χ3v) is 13.7. The van der Waals surface area contributed by atoms with Crippen LogP contribution in [0.1, 0.15) is 97.6 Å². The summed E-state index contributed by atoms with van der Waals surface area (Å²) < 4.78 is 36.5. The molecular weight excluding hydrogens is 1020 g/mol. The highest BCUT2D eigenvalue weighted by atomic mass is 16.5. The number of benzene rings is 9. The van der Waals surface area contributed by atoms with Crippen molar-refractivity contribution in [2.24, 2.45) is 0 Å². The molecule has 0 fully saturated rings. The Morgan fingerprint density at radius 2 is 0.720 bits per heavy atom. The normalized spacial score (nSPS) is 12.7. The Hall–Kier alpha value is -9.22. The average molecular weight is 1100 g/mol. The second-order valence-electron chi connectivity index (χ2n) is 23.4. The van der Waals surface area contributed by atoms with Gasteiger partial charge in [-0.1, -0.05) is 136 Å². The van der Waals surface area contributed by atoms with Gasteiger partial charge in [-0.3, -0.25) is 0 Å². The van der Waals surface area contributed by atoms with E-state index in [1.54, 1.807) is 24.3 Å². The number of phenols is 1. The van der Waals surface area contributed by atoms with Crippen molar-refractivity contribution in [1.29, 1.82) is 0 Å². The number of phenolic OH excluding ortho intramolecular Hbond substituents is 1. The molecule has 0 unspecified atom stereocenters. The van der Waals surface area contributed by atoms with Gasteiger partial charge < -0.3 is 54.8 Å². The van der Waals surface area contributed by atoms with Crippen LogP contribution in [0.25, 0.3) is 0 Å². The maximum absolute atomic E-state index is 9.02. The Morgan fingerprint density at radius 1 is 0.366 bits per heavy atom. The largest absolute Gasteiger partial charge is 0.508 e. The Balaban J connectivity index is 0.000000212. The molecule has 0 radical (unpaired) electrons. The molecule has 0 atom stereocenters. The maximum atomic E-state index is 9.02. The third-order valence-electron chi connectivity index (χ3n) is 13.7. The highest BCUT2D eigenvalue weighted by Gasteiger charge is 2.24. The predicted octanol–water partition coefficient (Wildman–Crippen LogP) is 18.3. The number of ether oxygens (including phenoxy) is 6. The van der Waals surface area contributed by atoms with Crippen LogP contribution in [0.5, 0.6) is 63.2 Å². The van der Waals surface area contributed by atoms with Crippen molar-refractivity contribution in [2.45, 2.75) is 99.1 Å². The molecule has 9 aromatic rings. The number of anilines is 4. The molecule has 9 aromatic carbocycles. The molecule has 82 heavy (non-hydrogen) atoms. The molecule has 5 N–H and O–H groups in total. The summed E-state index contributed by atoms with van der Waals surface area (Å²) in [5, 5.41) is 9.02. The van der Waals surface area contributed by atoms with Crippen LogP contribution in [-0.2, 0) is 29.3 Å². The molecule has 0 aliphatic carbocycles. The molecule has 11 heteroatoms. The van der Waals surface area contributed by atoms with E-state index < -0.39 is 0 Å². The van der Waals surface area contributed by atoms with Crippen molar-refractivity contribution in [3.63, 3.8) is 0 Å². The highest BCUT2D eigenvalue weighted by molar-refractivity contribution is 5.57. The molecule has 2 heterocycles. The van der Waals surface area contributed by atoms with Crippen molar-refractivity contribution >= 4 is 22.7 Å². The minimum absolute atomic E-state index is 0. The molecular formula is C71H78N4O7. The van der Waals surface area contributed by atoms with Crippen LogP contribution in [0.2, 0.25) is 0 Å². The van der Waals surface area contributed by atoms with E-state index in [1.165, 1.54) is 27.8 Å². The monoisotopic (exact) mass is 1100 g/mol. The van der Waals surface area contributed by atoms with Gasteiger partial charge >= 0.3 is 0 Å². The first-order valence-electron chi connectivity index (χ1n) is 27.3. The van der Waals surface area contributed by atoms with E-state index in [0.717, 1.165) is 47.5 Å². The van der Waals surface area contributed by atoms with Crippen molar-refractivity contribution in [3.05, 3.63) is 234 Å². The predicted molar refractivity (Wildman–Crippen MR) is 335 cm³/mol. The average Bonchev–Trinajstić information content (AvgIpc) is 3.57. The van der Waals surface area contributed by atoms with Gasteiger partial charge in [0.2, 0.25) is 0 Å². The minimum atomic E-state index is 0. The second-order valence-corrected chi connectivity index (χ2v) is 23.4. The van der Waals surface area contributed by atoms with E-state index in [9.17, 15) is 0 Å². The molecule has 0 saturated heterocycles. The van der Waals surface area contributed by atoms with E-state index in [2.05, 4.69) is 133 Å². The lowest BCUT2D eigenvalue weighted by atomic mass is 9.86. The molecule has 424 valence electrons. The fourth-order valence-corrected chi connectivity index (χ4v) is 9.08. The van der Waals surface area contributed by atoms with E-state index in [0.29, 0.717) is 65.1 Å². The smallest absolute Gasteiger partial charge is 0.161 e. The molecule has 11 rings (SSSR count). The summed E-state index contributed by atoms with van der Waals surface area (Å²) in [5.41, 5.74) is 21.4. The highest BCUT2D eigenvalue weighted by Crippen LogP contribution is 2.38. The lowest BCUT2D eigenvalue weighted by molar-refractivity contribution is 0.288. The SMILES string of the molecule is C.CC(C)(C)c1ccc(O)cc1.CC(C)(C)c1ccc2c(c1)CN(c1cccc(Oc3cccc(Oc4cccc(N5COc6cc(C(C)(C)C)ccc6C5)c4)c3)c1)CO2.Nc1cccc(Oc2cccc(Oc3cccc(N)c3)c2)c1. The Morgan fingerprint density at radius 3 is 1.16 bits per heavy atom. The summed E-state index contributed by atoms with van der Waals surface area (Å²) in [7, 11) is 0. The van der Waals surface area contributed by atoms with Crippen molar-refractivity contribution in [3.8, 4) is 63.2 Å². The van der Waals surface area contributed by atoms with Crippen LogP contribution >= 0.6 is 0 Å². The van der Waals surface area contributed by atoms with Crippen LogP contribution in [-0.4, -0.2) is 18.6 Å². The van der Waals surface area contributed by atoms with Crippen LogP contribution in [0.4, 0.5) is 22.7 Å². The Bertz CT molecular complexity index is 3520. The molecule has 0 spiro atoms. The van der Waals surface area contributed by atoms with Gasteiger partial charge in [0.25, 0.3) is 0 Å². The number of hydrogen-bond acceptors (Lipinski definition) is 11. The van der Waals surface area contributed by atoms with E-state index in [4.69, 9.17) is 45.0 Å². The zero-order chi connectivity index (χ0) is 57.3. The van der Waals surface area contributed by atoms with Crippen molar-refractivity contribution in [2.75, 3.05) is 34.7 Å². The molecule has 11 nitrogen and oxygen atoms in total. The molecule has 2 aliphatic rings. The summed E-state index contributed by atoms with van der Waals surface area (Å²) in [4.78, 5) is 4.44. The lowest BCUT2D eigenvalue weighted by Crippen LogP contribution is -2.32. The van der Waals surface area contributed by atoms with Gasteiger partial charge in [0.15, 0.2) is 13.5 Å². The van der Waals surface area contributed by atoms with Gasteiger partial charge in [-0.2, -0.15) is 0 Å². The minimum Gasteiger partial charge on any atom is -0.508 e. The number of aromatic hydroxyl groups is 1. The van der Waals surface area contributed by atoms with Gasteiger partial charge in [-0.15, -0.1) is 0 Å². The van der Waals surface area contributed by atoms with Crippen LogP contribution in [0.3, 0.4) is 0 Å². The summed E-state index contributed by atoms with van der Waals surface area (Å²) >= 11 is 0. The van der Waals surface area contributed by atoms with E-state index in [-0.39, 0.29) is 23.7 Å². The summed E-state index contributed by atoms with van der Waals surface area (Å²) in [6, 6.07) is 66.4. The summed E-state index contributed by atoms with van der Waals surface area (Å²) in [6.07, 6.45) is 0. The van der Waals surface area contributed by atoms with Crippen molar-refractivity contribution < 1.29 is 33.5 Å². The molecule has 0 saturated carbocycles. The van der Waals surface area contributed by atoms with Crippen LogP contribution in [0, 0.1) is 0 Å². The first-order chi connectivity index (χ1) is 38.7. The standard InChI is InChI=1S/C42H44N2O4.C18H16N2O2.C10H14O.CH4/c1-41(2,3)31-18-19-39-30(20-31)26-44(27-45-39)34-11-8-13-36(23-34)48-38-15-9-14-37(24-38)47-35-12-7-10-33(22-35)43-25-29-16-17-32(42(4,5)6)21-40(29)46-28-43;19-13-4-1-6-15(10-13)21-17-8-3-9-18(12-17)22-16-7-2-5-14(20)11-16;1-10(2,3)8-4-6-9(11)7-5-8;/h7-24H,25-28H2,1-6H3;1-12H,19-20H2;4-7,11H,1-3H3;1H4. The fourth-order valence-electron chi connectivity index (χ4n) is 9.08. The van der Waals surface area contributed by atoms with E-state index >= 15 is 0 Å². The number of nitrogen functional groups attached to an aromatic ring is 2. The fraction of sp³-hybridized carbons (Fsp3) is 0.239. The van der Waals surface area contributed by atoms with Gasteiger partial charge in [0.1, 0.15) is 63.2 Å². The first kappa shape index (κ1) is 58.9. The number of nitrogens with zero attached hydrogens (tertiary/aromatic N) is 2. The zero-order valence-corrected chi connectivity index (χ0v) is 47.9. The van der Waals surface area contributed by atoms with Crippen LogP contribution in [0.15, 0.2) is 206 Å². The van der Waals surface area contributed by atoms with E-state index in [1.807, 2.05) is 121 Å². The first-order valence-corrected chi connectivity index (χ1v) is 27.3. The quantitative estimate of drug-likeness (QED) is 0.113. The van der Waals surface area contributed by atoms with Gasteiger partial charge in [0.05, 0.1) is 0 Å². The third kappa shape index (κ3) is 16.0. The Labute approximate surface area is 485 Å². The summed E-state index contributed by atoms with van der Waals surface area (Å²) in [5.74, 6) is 7.87. The van der Waals surface area contributed by atoms with Gasteiger partial charge in [-0.05, 0) is 136 Å². The van der Waals surface area contributed by atoms with Crippen molar-refractivity contribution in [1.82, 2.24) is 0 Å². The topological polar surface area (TPSA) is 134 Å².